The molecule has 1 N–H and O–H groups in total. The van der Waals surface area contributed by atoms with Crippen molar-refractivity contribution in [1.29, 1.82) is 0 Å². The molecule has 2 nitrogen and oxygen atoms in total. The Balaban J connectivity index is 2.12. The summed E-state index contributed by atoms with van der Waals surface area (Å²) in [6.45, 7) is 9.88. The first-order valence-electron chi connectivity index (χ1n) is 6.09. The molecular formula is C13H24N2S. The van der Waals surface area contributed by atoms with Gasteiger partial charge in [-0.25, -0.2) is 0 Å². The Bertz CT molecular complexity index is 296. The minimum absolute atomic E-state index is 0.686. The molecule has 16 heavy (non-hydrogen) atoms. The summed E-state index contributed by atoms with van der Waals surface area (Å²) < 4.78 is 0. The Kier molecular flexibility index (Phi) is 6.03. The van der Waals surface area contributed by atoms with Crippen LogP contribution >= 0.6 is 11.3 Å². The van der Waals surface area contributed by atoms with E-state index in [1.54, 1.807) is 0 Å². The molecule has 92 valence electrons. The van der Waals surface area contributed by atoms with Gasteiger partial charge < -0.3 is 10.2 Å². The molecule has 0 spiro atoms. The van der Waals surface area contributed by atoms with Crippen LogP contribution in [-0.4, -0.2) is 31.1 Å². The van der Waals surface area contributed by atoms with Crippen LogP contribution in [0.25, 0.3) is 0 Å². The fraction of sp³-hybridized carbons (Fsp3) is 0.692. The number of hydrogen-bond donors (Lipinski definition) is 1. The average molecular weight is 240 g/mol. The molecule has 1 heterocycles. The summed E-state index contributed by atoms with van der Waals surface area (Å²) in [6.07, 6.45) is 1.22. The van der Waals surface area contributed by atoms with Crippen LogP contribution in [0.4, 0.5) is 0 Å². The SMILES string of the molecule is CCC(C)N(C)CCNCc1ccc(C)s1. The van der Waals surface area contributed by atoms with Crippen LogP contribution in [-0.2, 0) is 6.54 Å². The molecule has 0 aliphatic rings. The summed E-state index contributed by atoms with van der Waals surface area (Å²) in [5, 5.41) is 3.49. The van der Waals surface area contributed by atoms with E-state index in [-0.39, 0.29) is 0 Å². The largest absolute Gasteiger partial charge is 0.311 e. The lowest BCUT2D eigenvalue weighted by molar-refractivity contribution is 0.252. The third-order valence-corrected chi connectivity index (χ3v) is 4.08. The molecule has 0 aliphatic heterocycles. The van der Waals surface area contributed by atoms with Gasteiger partial charge in [0.25, 0.3) is 0 Å². The maximum Gasteiger partial charge on any atom is 0.0300 e. The smallest absolute Gasteiger partial charge is 0.0300 e. The number of hydrogen-bond acceptors (Lipinski definition) is 3. The highest BCUT2D eigenvalue weighted by molar-refractivity contribution is 7.11. The van der Waals surface area contributed by atoms with Crippen LogP contribution in [0.2, 0.25) is 0 Å². The van der Waals surface area contributed by atoms with Gasteiger partial charge in [-0.05, 0) is 39.4 Å². The quantitative estimate of drug-likeness (QED) is 0.737. The van der Waals surface area contributed by atoms with E-state index in [2.05, 4.69) is 50.2 Å². The van der Waals surface area contributed by atoms with Crippen molar-refractivity contribution in [2.75, 3.05) is 20.1 Å². The van der Waals surface area contributed by atoms with Crippen molar-refractivity contribution in [1.82, 2.24) is 10.2 Å². The van der Waals surface area contributed by atoms with Crippen LogP contribution in [0.15, 0.2) is 12.1 Å². The van der Waals surface area contributed by atoms with Crippen LogP contribution in [0.3, 0.4) is 0 Å². The van der Waals surface area contributed by atoms with Crippen LogP contribution in [0.5, 0.6) is 0 Å². The zero-order chi connectivity index (χ0) is 12.0. The summed E-state index contributed by atoms with van der Waals surface area (Å²) in [5.74, 6) is 0. The zero-order valence-corrected chi connectivity index (χ0v) is 11.7. The number of thiophene rings is 1. The van der Waals surface area contributed by atoms with Crippen LogP contribution < -0.4 is 5.32 Å². The van der Waals surface area contributed by atoms with Crippen molar-refractivity contribution < 1.29 is 0 Å². The molecular weight excluding hydrogens is 216 g/mol. The fourth-order valence-electron chi connectivity index (χ4n) is 1.58. The van der Waals surface area contributed by atoms with Crippen molar-refractivity contribution in [3.8, 4) is 0 Å². The molecule has 0 saturated heterocycles. The third kappa shape index (κ3) is 4.64. The highest BCUT2D eigenvalue weighted by Crippen LogP contribution is 2.14. The van der Waals surface area contributed by atoms with E-state index in [0.717, 1.165) is 19.6 Å². The summed E-state index contributed by atoms with van der Waals surface area (Å²) in [5.41, 5.74) is 0. The van der Waals surface area contributed by atoms with Crippen molar-refractivity contribution >= 4 is 11.3 Å². The van der Waals surface area contributed by atoms with Crippen LogP contribution in [0.1, 0.15) is 30.0 Å². The second kappa shape index (κ2) is 7.05. The number of rotatable bonds is 7. The molecule has 1 atom stereocenters. The maximum absolute atomic E-state index is 3.49. The molecule has 0 bridgehead atoms. The fourth-order valence-corrected chi connectivity index (χ4v) is 2.44. The number of nitrogens with one attached hydrogen (secondary N) is 1. The Morgan fingerprint density at radius 2 is 2.19 bits per heavy atom. The van der Waals surface area contributed by atoms with E-state index in [0.29, 0.717) is 6.04 Å². The van der Waals surface area contributed by atoms with E-state index in [1.165, 1.54) is 16.2 Å². The monoisotopic (exact) mass is 240 g/mol. The van der Waals surface area contributed by atoms with Gasteiger partial charge in [-0.2, -0.15) is 0 Å². The Labute approximate surface area is 104 Å². The lowest BCUT2D eigenvalue weighted by Gasteiger charge is -2.23. The maximum atomic E-state index is 3.49. The molecule has 3 heteroatoms. The van der Waals surface area contributed by atoms with Gasteiger partial charge in [0.2, 0.25) is 0 Å². The number of nitrogens with zero attached hydrogens (tertiary/aromatic N) is 1. The molecule has 0 radical (unpaired) electrons. The average Bonchev–Trinajstić information content (AvgIpc) is 2.69. The van der Waals surface area contributed by atoms with E-state index >= 15 is 0 Å². The third-order valence-electron chi connectivity index (χ3n) is 3.08. The lowest BCUT2D eigenvalue weighted by Crippen LogP contribution is -2.34. The molecule has 0 aliphatic carbocycles. The summed E-state index contributed by atoms with van der Waals surface area (Å²) in [7, 11) is 2.20. The van der Waals surface area contributed by atoms with Crippen molar-refractivity contribution in [3.05, 3.63) is 21.9 Å². The van der Waals surface area contributed by atoms with Crippen LogP contribution in [0, 0.1) is 6.92 Å². The zero-order valence-electron chi connectivity index (χ0n) is 10.9. The highest BCUT2D eigenvalue weighted by Gasteiger charge is 2.05. The van der Waals surface area contributed by atoms with Crippen molar-refractivity contribution in [2.24, 2.45) is 0 Å². The molecule has 1 rings (SSSR count). The Hall–Kier alpha value is -0.380. The highest BCUT2D eigenvalue weighted by atomic mass is 32.1. The normalized spacial score (nSPS) is 13.3. The molecule has 0 saturated carbocycles. The van der Waals surface area contributed by atoms with Gasteiger partial charge in [-0.1, -0.05) is 6.92 Å². The van der Waals surface area contributed by atoms with Crippen molar-refractivity contribution in [3.63, 3.8) is 0 Å². The van der Waals surface area contributed by atoms with Gasteiger partial charge in [0, 0.05) is 35.4 Å². The molecule has 0 aromatic carbocycles. The predicted octanol–water partition coefficient (Wildman–Crippen LogP) is 2.88. The predicted molar refractivity (Wildman–Crippen MR) is 73.1 cm³/mol. The summed E-state index contributed by atoms with van der Waals surface area (Å²) >= 11 is 1.88. The molecule has 0 fully saturated rings. The minimum atomic E-state index is 0.686. The van der Waals surface area contributed by atoms with E-state index in [9.17, 15) is 0 Å². The first-order valence-corrected chi connectivity index (χ1v) is 6.91. The summed E-state index contributed by atoms with van der Waals surface area (Å²) in [6, 6.07) is 5.09. The second-order valence-corrected chi connectivity index (χ2v) is 5.80. The number of likely N-dealkylation sites (N-methyl/N-ethyl adjacent to an activating group) is 1. The Morgan fingerprint density at radius 1 is 1.44 bits per heavy atom. The first kappa shape index (κ1) is 13.7. The topological polar surface area (TPSA) is 15.3 Å². The Morgan fingerprint density at radius 3 is 2.75 bits per heavy atom. The molecule has 1 unspecified atom stereocenters. The van der Waals surface area contributed by atoms with E-state index in [1.807, 2.05) is 11.3 Å². The van der Waals surface area contributed by atoms with Gasteiger partial charge >= 0.3 is 0 Å². The molecule has 1 aromatic rings. The van der Waals surface area contributed by atoms with Crippen molar-refractivity contribution in [2.45, 2.75) is 39.8 Å². The van der Waals surface area contributed by atoms with Gasteiger partial charge in [0.1, 0.15) is 0 Å². The summed E-state index contributed by atoms with van der Waals surface area (Å²) in [4.78, 5) is 5.24. The standard InChI is InChI=1S/C13H24N2S/c1-5-11(2)15(4)9-8-14-10-13-7-6-12(3)16-13/h6-7,11,14H,5,8-10H2,1-4H3. The number of aryl methyl sites for hydroxylation is 1. The lowest BCUT2D eigenvalue weighted by atomic mass is 10.2. The van der Waals surface area contributed by atoms with Gasteiger partial charge in [-0.15, -0.1) is 11.3 Å². The van der Waals surface area contributed by atoms with Gasteiger partial charge in [-0.3, -0.25) is 0 Å². The molecule has 0 amide bonds. The second-order valence-electron chi connectivity index (χ2n) is 4.43. The molecule has 1 aromatic heterocycles. The minimum Gasteiger partial charge on any atom is -0.311 e. The van der Waals surface area contributed by atoms with E-state index < -0.39 is 0 Å². The van der Waals surface area contributed by atoms with Gasteiger partial charge in [0.15, 0.2) is 0 Å². The van der Waals surface area contributed by atoms with Gasteiger partial charge in [0.05, 0.1) is 0 Å². The van der Waals surface area contributed by atoms with E-state index in [4.69, 9.17) is 0 Å². The first-order chi connectivity index (χ1) is 7.63.